The van der Waals surface area contributed by atoms with E-state index in [9.17, 15) is 9.90 Å². The number of nitrogens with one attached hydrogen (secondary N) is 1. The SMILES string of the molecule is Cc1noc(NC(=O)[C@H](N)Cc2ccc(O)cc2)c1C. The lowest BCUT2D eigenvalue weighted by atomic mass is 10.1. The van der Waals surface area contributed by atoms with E-state index >= 15 is 0 Å². The number of nitrogens with two attached hydrogens (primary N) is 1. The van der Waals surface area contributed by atoms with Gasteiger partial charge < -0.3 is 15.4 Å². The van der Waals surface area contributed by atoms with Crippen molar-refractivity contribution in [2.45, 2.75) is 26.3 Å². The second-order valence-corrected chi connectivity index (χ2v) is 4.69. The van der Waals surface area contributed by atoms with Gasteiger partial charge in [-0.15, -0.1) is 0 Å². The fraction of sp³-hybridized carbons (Fsp3) is 0.286. The Morgan fingerprint density at radius 2 is 2.05 bits per heavy atom. The van der Waals surface area contributed by atoms with Crippen molar-refractivity contribution in [2.75, 3.05) is 5.32 Å². The van der Waals surface area contributed by atoms with Crippen LogP contribution in [-0.4, -0.2) is 22.2 Å². The van der Waals surface area contributed by atoms with E-state index in [-0.39, 0.29) is 11.7 Å². The molecular weight excluding hydrogens is 258 g/mol. The number of phenolic OH excluding ortho intramolecular Hbond substituents is 1. The van der Waals surface area contributed by atoms with Crippen molar-refractivity contribution in [3.63, 3.8) is 0 Å². The molecule has 0 bridgehead atoms. The number of rotatable bonds is 4. The summed E-state index contributed by atoms with van der Waals surface area (Å²) in [5.74, 6) is 0.172. The maximum atomic E-state index is 12.0. The molecular formula is C14H17N3O3. The Balaban J connectivity index is 1.98. The van der Waals surface area contributed by atoms with Crippen molar-refractivity contribution in [2.24, 2.45) is 5.73 Å². The van der Waals surface area contributed by atoms with Gasteiger partial charge in [0, 0.05) is 5.56 Å². The highest BCUT2D eigenvalue weighted by Gasteiger charge is 2.18. The van der Waals surface area contributed by atoms with Gasteiger partial charge in [0.25, 0.3) is 0 Å². The Morgan fingerprint density at radius 3 is 2.60 bits per heavy atom. The molecule has 1 heterocycles. The van der Waals surface area contributed by atoms with Gasteiger partial charge in [-0.05, 0) is 38.0 Å². The van der Waals surface area contributed by atoms with Crippen LogP contribution in [0.25, 0.3) is 0 Å². The number of anilines is 1. The molecule has 1 atom stereocenters. The zero-order valence-electron chi connectivity index (χ0n) is 11.4. The first-order valence-electron chi connectivity index (χ1n) is 6.24. The molecule has 1 amide bonds. The molecule has 106 valence electrons. The number of benzene rings is 1. The summed E-state index contributed by atoms with van der Waals surface area (Å²) in [6.45, 7) is 3.61. The van der Waals surface area contributed by atoms with Gasteiger partial charge in [-0.2, -0.15) is 0 Å². The summed E-state index contributed by atoms with van der Waals surface area (Å²) in [6, 6.07) is 5.87. The number of aryl methyl sites for hydroxylation is 1. The van der Waals surface area contributed by atoms with Crippen molar-refractivity contribution in [1.29, 1.82) is 0 Å². The summed E-state index contributed by atoms with van der Waals surface area (Å²) >= 11 is 0. The minimum atomic E-state index is -0.704. The molecule has 0 aliphatic heterocycles. The average molecular weight is 275 g/mol. The van der Waals surface area contributed by atoms with Crippen molar-refractivity contribution >= 4 is 11.8 Å². The van der Waals surface area contributed by atoms with Crippen LogP contribution in [-0.2, 0) is 11.2 Å². The second kappa shape index (κ2) is 5.75. The van der Waals surface area contributed by atoms with E-state index in [1.54, 1.807) is 31.2 Å². The van der Waals surface area contributed by atoms with E-state index in [1.807, 2.05) is 6.92 Å². The zero-order chi connectivity index (χ0) is 14.7. The molecule has 0 saturated carbocycles. The van der Waals surface area contributed by atoms with E-state index in [0.717, 1.165) is 16.8 Å². The van der Waals surface area contributed by atoms with E-state index < -0.39 is 6.04 Å². The highest BCUT2D eigenvalue weighted by Crippen LogP contribution is 2.18. The van der Waals surface area contributed by atoms with Gasteiger partial charge in [0.15, 0.2) is 0 Å². The van der Waals surface area contributed by atoms with Crippen molar-refractivity contribution in [3.8, 4) is 5.75 Å². The van der Waals surface area contributed by atoms with Crippen molar-refractivity contribution in [3.05, 3.63) is 41.1 Å². The molecule has 0 unspecified atom stereocenters. The van der Waals surface area contributed by atoms with Crippen molar-refractivity contribution in [1.82, 2.24) is 5.16 Å². The molecule has 0 spiro atoms. The van der Waals surface area contributed by atoms with Crippen LogP contribution < -0.4 is 11.1 Å². The minimum absolute atomic E-state index is 0.180. The molecule has 0 radical (unpaired) electrons. The summed E-state index contributed by atoms with van der Waals surface area (Å²) in [6.07, 6.45) is 0.373. The van der Waals surface area contributed by atoms with Gasteiger partial charge in [0.1, 0.15) is 5.75 Å². The van der Waals surface area contributed by atoms with Crippen LogP contribution in [0.1, 0.15) is 16.8 Å². The number of hydrogen-bond acceptors (Lipinski definition) is 5. The fourth-order valence-electron chi connectivity index (χ4n) is 1.72. The second-order valence-electron chi connectivity index (χ2n) is 4.69. The predicted molar refractivity (Wildman–Crippen MR) is 74.4 cm³/mol. The lowest BCUT2D eigenvalue weighted by Crippen LogP contribution is -2.37. The van der Waals surface area contributed by atoms with Crippen LogP contribution in [0.4, 0.5) is 5.88 Å². The molecule has 0 aliphatic carbocycles. The molecule has 2 rings (SSSR count). The smallest absolute Gasteiger partial charge is 0.244 e. The number of amides is 1. The number of carbonyl (C=O) groups excluding carboxylic acids is 1. The highest BCUT2D eigenvalue weighted by atomic mass is 16.5. The molecule has 0 aliphatic rings. The molecule has 0 saturated heterocycles. The molecule has 4 N–H and O–H groups in total. The predicted octanol–water partition coefficient (Wildman–Crippen LogP) is 1.51. The molecule has 2 aromatic rings. The van der Waals surface area contributed by atoms with Gasteiger partial charge in [-0.25, -0.2) is 0 Å². The fourth-order valence-corrected chi connectivity index (χ4v) is 1.72. The largest absolute Gasteiger partial charge is 0.508 e. The summed E-state index contributed by atoms with van der Waals surface area (Å²) in [5.41, 5.74) is 8.24. The lowest BCUT2D eigenvalue weighted by molar-refractivity contribution is -0.117. The van der Waals surface area contributed by atoms with Crippen LogP contribution in [0.5, 0.6) is 5.75 Å². The molecule has 6 heteroatoms. The van der Waals surface area contributed by atoms with Gasteiger partial charge in [-0.1, -0.05) is 17.3 Å². The molecule has 6 nitrogen and oxygen atoms in total. The van der Waals surface area contributed by atoms with Crippen LogP contribution in [0.3, 0.4) is 0 Å². The maximum Gasteiger partial charge on any atom is 0.244 e. The van der Waals surface area contributed by atoms with Crippen molar-refractivity contribution < 1.29 is 14.4 Å². The number of nitrogens with zero attached hydrogens (tertiary/aromatic N) is 1. The Morgan fingerprint density at radius 1 is 1.40 bits per heavy atom. The Kier molecular flexibility index (Phi) is 4.05. The molecule has 0 fully saturated rings. The first-order chi connectivity index (χ1) is 9.47. The zero-order valence-corrected chi connectivity index (χ0v) is 11.4. The number of aromatic nitrogens is 1. The average Bonchev–Trinajstić information content (AvgIpc) is 2.73. The lowest BCUT2D eigenvalue weighted by Gasteiger charge is -2.11. The first-order valence-corrected chi connectivity index (χ1v) is 6.24. The third-order valence-electron chi connectivity index (χ3n) is 3.12. The Labute approximate surface area is 116 Å². The summed E-state index contributed by atoms with van der Waals surface area (Å²) in [5, 5.41) is 15.6. The summed E-state index contributed by atoms with van der Waals surface area (Å²) in [4.78, 5) is 12.0. The van der Waals surface area contributed by atoms with Crippen LogP contribution in [0, 0.1) is 13.8 Å². The number of hydrogen-bond donors (Lipinski definition) is 3. The van der Waals surface area contributed by atoms with Gasteiger partial charge in [0.05, 0.1) is 11.7 Å². The molecule has 1 aromatic heterocycles. The topological polar surface area (TPSA) is 101 Å². The van der Waals surface area contributed by atoms with E-state index in [0.29, 0.717) is 12.3 Å². The highest BCUT2D eigenvalue weighted by molar-refractivity contribution is 5.94. The molecule has 1 aromatic carbocycles. The monoisotopic (exact) mass is 275 g/mol. The third-order valence-corrected chi connectivity index (χ3v) is 3.12. The molecule has 20 heavy (non-hydrogen) atoms. The van der Waals surface area contributed by atoms with Crippen LogP contribution in [0.15, 0.2) is 28.8 Å². The van der Waals surface area contributed by atoms with E-state index in [4.69, 9.17) is 10.3 Å². The Bertz CT molecular complexity index is 605. The first kappa shape index (κ1) is 14.1. The maximum absolute atomic E-state index is 12.0. The number of carbonyl (C=O) groups is 1. The van der Waals surface area contributed by atoms with Gasteiger partial charge in [0.2, 0.25) is 11.8 Å². The summed E-state index contributed by atoms with van der Waals surface area (Å²) < 4.78 is 5.01. The van der Waals surface area contributed by atoms with Gasteiger partial charge >= 0.3 is 0 Å². The minimum Gasteiger partial charge on any atom is -0.508 e. The van der Waals surface area contributed by atoms with E-state index in [2.05, 4.69) is 10.5 Å². The van der Waals surface area contributed by atoms with E-state index in [1.165, 1.54) is 0 Å². The van der Waals surface area contributed by atoms with Crippen LogP contribution in [0.2, 0.25) is 0 Å². The number of aromatic hydroxyl groups is 1. The third kappa shape index (κ3) is 3.16. The summed E-state index contributed by atoms with van der Waals surface area (Å²) in [7, 11) is 0. The number of phenols is 1. The Hall–Kier alpha value is -2.34. The standard InChI is InChI=1S/C14H17N3O3/c1-8-9(2)17-20-14(8)16-13(19)12(15)7-10-3-5-11(18)6-4-10/h3-6,12,18H,7,15H2,1-2H3,(H,16,19)/t12-/m1/s1. The normalized spacial score (nSPS) is 12.2. The quantitative estimate of drug-likeness (QED) is 0.785. The van der Waals surface area contributed by atoms with Crippen LogP contribution >= 0.6 is 0 Å². The van der Waals surface area contributed by atoms with Gasteiger partial charge in [-0.3, -0.25) is 10.1 Å².